The predicted octanol–water partition coefficient (Wildman–Crippen LogP) is 3.44. The molecule has 0 unspecified atom stereocenters. The normalized spacial score (nSPS) is 16.3. The molecule has 130 valence electrons. The van der Waals surface area contributed by atoms with Crippen molar-refractivity contribution in [3.8, 4) is 11.5 Å². The van der Waals surface area contributed by atoms with E-state index >= 15 is 0 Å². The second kappa shape index (κ2) is 6.97. The summed E-state index contributed by atoms with van der Waals surface area (Å²) < 4.78 is 5.97. The Labute approximate surface area is 146 Å². The minimum absolute atomic E-state index is 0.0205. The van der Waals surface area contributed by atoms with E-state index in [1.807, 2.05) is 48.5 Å². The van der Waals surface area contributed by atoms with Crippen molar-refractivity contribution in [2.24, 2.45) is 0 Å². The van der Waals surface area contributed by atoms with Gasteiger partial charge in [-0.15, -0.1) is 0 Å². The first-order valence-corrected chi connectivity index (χ1v) is 8.34. The number of hydrogen-bond acceptors (Lipinski definition) is 3. The molecule has 2 aromatic rings. The number of likely N-dealkylation sites (tertiary alicyclic amines) is 1. The van der Waals surface area contributed by atoms with Crippen LogP contribution >= 0.6 is 0 Å². The van der Waals surface area contributed by atoms with Crippen molar-refractivity contribution in [1.29, 1.82) is 0 Å². The van der Waals surface area contributed by atoms with Gasteiger partial charge in [-0.2, -0.15) is 0 Å². The first kappa shape index (κ1) is 17.0. The Hall–Kier alpha value is -2.82. The molecule has 0 aliphatic carbocycles. The highest BCUT2D eigenvalue weighted by Crippen LogP contribution is 2.41. The number of rotatable bonds is 4. The second-order valence-corrected chi connectivity index (χ2v) is 6.30. The van der Waals surface area contributed by atoms with Crippen LogP contribution in [0.1, 0.15) is 25.3 Å². The van der Waals surface area contributed by atoms with E-state index in [-0.39, 0.29) is 5.91 Å². The lowest BCUT2D eigenvalue weighted by Gasteiger charge is -2.39. The van der Waals surface area contributed by atoms with E-state index in [0.717, 1.165) is 0 Å². The van der Waals surface area contributed by atoms with Crippen LogP contribution < -0.4 is 4.74 Å². The van der Waals surface area contributed by atoms with E-state index in [1.165, 1.54) is 6.92 Å². The molecule has 0 bridgehead atoms. The van der Waals surface area contributed by atoms with Crippen LogP contribution in [0.2, 0.25) is 0 Å². The molecule has 1 aliphatic rings. The quantitative estimate of drug-likeness (QED) is 0.926. The van der Waals surface area contributed by atoms with Gasteiger partial charge in [-0.05, 0) is 31.0 Å². The fourth-order valence-electron chi connectivity index (χ4n) is 3.37. The lowest BCUT2D eigenvalue weighted by molar-refractivity contribution is -0.148. The fraction of sp³-hybridized carbons (Fsp3) is 0.300. The molecule has 0 radical (unpaired) electrons. The number of hydrogen-bond donors (Lipinski definition) is 1. The van der Waals surface area contributed by atoms with Crippen LogP contribution in [0.25, 0.3) is 0 Å². The molecule has 3 rings (SSSR count). The first-order valence-electron chi connectivity index (χ1n) is 8.34. The summed E-state index contributed by atoms with van der Waals surface area (Å²) in [4.78, 5) is 25.5. The number of piperidine rings is 1. The molecule has 1 heterocycles. The smallest absolute Gasteiger partial charge is 0.314 e. The number of carbonyl (C=O) groups excluding carboxylic acids is 1. The standard InChI is InChI=1S/C20H21NO4/c1-15(22)21-13-11-20(12-14-21,19(23)24)17-9-5-6-10-18(17)25-16-7-3-2-4-8-16/h2-10H,11-14H2,1H3,(H,23,24). The van der Waals surface area contributed by atoms with Crippen molar-refractivity contribution in [3.05, 3.63) is 60.2 Å². The first-order chi connectivity index (χ1) is 12.0. The molecule has 1 N–H and O–H groups in total. The van der Waals surface area contributed by atoms with Gasteiger partial charge >= 0.3 is 5.97 Å². The molecule has 0 spiro atoms. The van der Waals surface area contributed by atoms with Gasteiger partial charge in [0.2, 0.25) is 5.91 Å². The maximum absolute atomic E-state index is 12.2. The summed E-state index contributed by atoms with van der Waals surface area (Å²) in [7, 11) is 0. The largest absolute Gasteiger partial charge is 0.481 e. The van der Waals surface area contributed by atoms with E-state index < -0.39 is 11.4 Å². The van der Waals surface area contributed by atoms with Crippen molar-refractivity contribution < 1.29 is 19.4 Å². The Morgan fingerprint density at radius 1 is 1.00 bits per heavy atom. The third kappa shape index (κ3) is 3.36. The number of carboxylic acids is 1. The van der Waals surface area contributed by atoms with Crippen LogP contribution in [0.4, 0.5) is 0 Å². The minimum atomic E-state index is -1.04. The summed E-state index contributed by atoms with van der Waals surface area (Å²) in [6, 6.07) is 16.6. The van der Waals surface area contributed by atoms with Crippen molar-refractivity contribution in [1.82, 2.24) is 4.90 Å². The van der Waals surface area contributed by atoms with Crippen molar-refractivity contribution >= 4 is 11.9 Å². The summed E-state index contributed by atoms with van der Waals surface area (Å²) in [5.74, 6) is 0.316. The van der Waals surface area contributed by atoms with Gasteiger partial charge in [0.05, 0.1) is 5.41 Å². The predicted molar refractivity (Wildman–Crippen MR) is 93.8 cm³/mol. The zero-order valence-corrected chi connectivity index (χ0v) is 14.1. The molecule has 5 nitrogen and oxygen atoms in total. The van der Waals surface area contributed by atoms with Crippen LogP contribution in [0.15, 0.2) is 54.6 Å². The second-order valence-electron chi connectivity index (χ2n) is 6.30. The molecule has 2 aromatic carbocycles. The SMILES string of the molecule is CC(=O)N1CCC(C(=O)O)(c2ccccc2Oc2ccccc2)CC1. The monoisotopic (exact) mass is 339 g/mol. The summed E-state index contributed by atoms with van der Waals surface area (Å²) in [6.45, 7) is 2.38. The lowest BCUT2D eigenvalue weighted by Crippen LogP contribution is -2.48. The maximum atomic E-state index is 12.2. The summed E-state index contributed by atoms with van der Waals surface area (Å²) >= 11 is 0. The van der Waals surface area contributed by atoms with Gasteiger partial charge in [0.1, 0.15) is 11.5 Å². The molecule has 25 heavy (non-hydrogen) atoms. The van der Waals surface area contributed by atoms with Crippen molar-refractivity contribution in [3.63, 3.8) is 0 Å². The number of ether oxygens (including phenoxy) is 1. The topological polar surface area (TPSA) is 66.8 Å². The number of aliphatic carboxylic acids is 1. The summed E-state index contributed by atoms with van der Waals surface area (Å²) in [5.41, 5.74) is -0.383. The number of nitrogens with zero attached hydrogens (tertiary/aromatic N) is 1. The van der Waals surface area contributed by atoms with Gasteiger partial charge in [0.25, 0.3) is 0 Å². The highest BCUT2D eigenvalue weighted by Gasteiger charge is 2.45. The van der Waals surface area contributed by atoms with Crippen LogP contribution in [-0.4, -0.2) is 35.0 Å². The van der Waals surface area contributed by atoms with Crippen molar-refractivity contribution in [2.75, 3.05) is 13.1 Å². The zero-order valence-electron chi connectivity index (χ0n) is 14.1. The molecule has 5 heteroatoms. The van der Waals surface area contributed by atoms with Gasteiger partial charge in [0, 0.05) is 25.6 Å². The van der Waals surface area contributed by atoms with Crippen LogP contribution in [-0.2, 0) is 15.0 Å². The number of carbonyl (C=O) groups is 2. The van der Waals surface area contributed by atoms with E-state index in [9.17, 15) is 14.7 Å². The van der Waals surface area contributed by atoms with Crippen LogP contribution in [0, 0.1) is 0 Å². The third-order valence-corrected chi connectivity index (χ3v) is 4.85. The van der Waals surface area contributed by atoms with E-state index in [2.05, 4.69) is 0 Å². The minimum Gasteiger partial charge on any atom is -0.481 e. The van der Waals surface area contributed by atoms with E-state index in [4.69, 9.17) is 4.74 Å². The molecular formula is C20H21NO4. The average Bonchev–Trinajstić information content (AvgIpc) is 2.63. The van der Waals surface area contributed by atoms with Gasteiger partial charge in [0.15, 0.2) is 0 Å². The Kier molecular flexibility index (Phi) is 4.74. The van der Waals surface area contributed by atoms with Crippen molar-refractivity contribution in [2.45, 2.75) is 25.2 Å². The van der Waals surface area contributed by atoms with Crippen LogP contribution in [0.3, 0.4) is 0 Å². The van der Waals surface area contributed by atoms with Gasteiger partial charge in [-0.1, -0.05) is 36.4 Å². The molecule has 1 saturated heterocycles. The number of carboxylic acid groups (broad SMARTS) is 1. The molecule has 1 aliphatic heterocycles. The van der Waals surface area contributed by atoms with Gasteiger partial charge < -0.3 is 14.7 Å². The Bertz CT molecular complexity index is 764. The molecule has 0 atom stereocenters. The van der Waals surface area contributed by atoms with Gasteiger partial charge in [-0.3, -0.25) is 9.59 Å². The highest BCUT2D eigenvalue weighted by molar-refractivity contribution is 5.83. The number of benzene rings is 2. The highest BCUT2D eigenvalue weighted by atomic mass is 16.5. The third-order valence-electron chi connectivity index (χ3n) is 4.85. The van der Waals surface area contributed by atoms with Gasteiger partial charge in [-0.25, -0.2) is 0 Å². The molecule has 0 saturated carbocycles. The Morgan fingerprint density at radius 3 is 2.20 bits per heavy atom. The lowest BCUT2D eigenvalue weighted by atomic mass is 9.72. The van der Waals surface area contributed by atoms with E-state index in [0.29, 0.717) is 43.0 Å². The summed E-state index contributed by atoms with van der Waals surface area (Å²) in [6.07, 6.45) is 0.744. The Morgan fingerprint density at radius 2 is 1.60 bits per heavy atom. The zero-order chi connectivity index (χ0) is 17.9. The number of para-hydroxylation sites is 2. The average molecular weight is 339 g/mol. The van der Waals surface area contributed by atoms with E-state index in [1.54, 1.807) is 11.0 Å². The summed E-state index contributed by atoms with van der Waals surface area (Å²) in [5, 5.41) is 10.00. The van der Waals surface area contributed by atoms with Crippen LogP contribution in [0.5, 0.6) is 11.5 Å². The molecule has 0 aromatic heterocycles. The molecule has 1 amide bonds. The maximum Gasteiger partial charge on any atom is 0.314 e. The molecule has 1 fully saturated rings. The fourth-order valence-corrected chi connectivity index (χ4v) is 3.37. The molecular weight excluding hydrogens is 318 g/mol. The Balaban J connectivity index is 1.96. The number of amides is 1.